The Kier molecular flexibility index (Phi) is 7.88. The van der Waals surface area contributed by atoms with Gasteiger partial charge in [0.25, 0.3) is 5.91 Å². The molecule has 2 heterocycles. The van der Waals surface area contributed by atoms with Crippen LogP contribution in [0.5, 0.6) is 5.75 Å². The quantitative estimate of drug-likeness (QED) is 0.429. The van der Waals surface area contributed by atoms with E-state index >= 15 is 0 Å². The third kappa shape index (κ3) is 6.09. The first-order chi connectivity index (χ1) is 16.8. The van der Waals surface area contributed by atoms with Crippen LogP contribution in [0.15, 0.2) is 58.8 Å². The van der Waals surface area contributed by atoms with Crippen molar-refractivity contribution in [1.29, 1.82) is 0 Å². The van der Waals surface area contributed by atoms with Crippen LogP contribution in [0.25, 0.3) is 11.3 Å². The number of rotatable bonds is 8. The number of benzene rings is 2. The number of amides is 1. The van der Waals surface area contributed by atoms with Crippen LogP contribution in [-0.4, -0.2) is 43.3 Å². The summed E-state index contributed by atoms with van der Waals surface area (Å²) in [6.45, 7) is 7.94. The summed E-state index contributed by atoms with van der Waals surface area (Å²) in [6.07, 6.45) is 1.98. The zero-order valence-electron chi connectivity index (χ0n) is 20.2. The van der Waals surface area contributed by atoms with Crippen LogP contribution in [0.2, 0.25) is 0 Å². The standard InChI is InChI=1S/C26H31N3O4S2/c1-4-13-33-22-9-5-20(6-10-22)24-17-34-26(27-24)28-25(30)21-7-11-23(12-8-21)35(31,32)29-15-18(2)14-19(3)16-29/h5-12,17-19H,4,13-16H2,1-3H3,(H,27,28,30). The fourth-order valence-corrected chi connectivity index (χ4v) is 6.70. The first kappa shape index (κ1) is 25.3. The minimum Gasteiger partial charge on any atom is -0.494 e. The molecule has 0 radical (unpaired) electrons. The molecule has 3 aromatic rings. The van der Waals surface area contributed by atoms with Crippen LogP contribution < -0.4 is 10.1 Å². The number of sulfonamides is 1. The van der Waals surface area contributed by atoms with Crippen LogP contribution in [0.4, 0.5) is 5.13 Å². The Bertz CT molecular complexity index is 1240. The number of hydrogen-bond acceptors (Lipinski definition) is 6. The molecule has 4 rings (SSSR count). The van der Waals surface area contributed by atoms with Crippen molar-refractivity contribution < 1.29 is 17.9 Å². The summed E-state index contributed by atoms with van der Waals surface area (Å²) in [5.41, 5.74) is 2.07. The molecule has 0 bridgehead atoms. The number of ether oxygens (including phenoxy) is 1. The summed E-state index contributed by atoms with van der Waals surface area (Å²) in [4.78, 5) is 17.5. The van der Waals surface area contributed by atoms with E-state index in [1.807, 2.05) is 29.6 Å². The van der Waals surface area contributed by atoms with Gasteiger partial charge in [-0.25, -0.2) is 13.4 Å². The number of aromatic nitrogens is 1. The van der Waals surface area contributed by atoms with Crippen molar-refractivity contribution in [3.63, 3.8) is 0 Å². The number of carbonyl (C=O) groups excluding carboxylic acids is 1. The largest absolute Gasteiger partial charge is 0.494 e. The topological polar surface area (TPSA) is 88.6 Å². The highest BCUT2D eigenvalue weighted by molar-refractivity contribution is 7.89. The van der Waals surface area contributed by atoms with E-state index in [2.05, 4.69) is 31.1 Å². The molecule has 2 unspecified atom stereocenters. The van der Waals surface area contributed by atoms with Crippen LogP contribution in [0, 0.1) is 11.8 Å². The number of anilines is 1. The summed E-state index contributed by atoms with van der Waals surface area (Å²) in [6, 6.07) is 13.8. The van der Waals surface area contributed by atoms with E-state index in [4.69, 9.17) is 4.74 Å². The van der Waals surface area contributed by atoms with Gasteiger partial charge in [0, 0.05) is 29.6 Å². The molecule has 2 atom stereocenters. The third-order valence-corrected chi connectivity index (χ3v) is 8.54. The van der Waals surface area contributed by atoms with Crippen molar-refractivity contribution in [1.82, 2.24) is 9.29 Å². The lowest BCUT2D eigenvalue weighted by atomic mass is 9.94. The van der Waals surface area contributed by atoms with Crippen molar-refractivity contribution in [2.45, 2.75) is 38.5 Å². The van der Waals surface area contributed by atoms with Crippen molar-refractivity contribution in [2.24, 2.45) is 11.8 Å². The van der Waals surface area contributed by atoms with Crippen LogP contribution >= 0.6 is 11.3 Å². The molecule has 1 fully saturated rings. The molecule has 0 aliphatic carbocycles. The number of piperidine rings is 1. The van der Waals surface area contributed by atoms with Gasteiger partial charge in [-0.1, -0.05) is 20.8 Å². The molecule has 1 N–H and O–H groups in total. The SMILES string of the molecule is CCCOc1ccc(-c2csc(NC(=O)c3ccc(S(=O)(=O)N4CC(C)CC(C)C4)cc3)n2)cc1. The first-order valence-corrected chi connectivity index (χ1v) is 14.2. The predicted molar refractivity (Wildman–Crippen MR) is 139 cm³/mol. The molecule has 1 amide bonds. The van der Waals surface area contributed by atoms with Gasteiger partial charge in [0.2, 0.25) is 10.0 Å². The second kappa shape index (κ2) is 10.9. The molecule has 1 aromatic heterocycles. The van der Waals surface area contributed by atoms with Crippen LogP contribution in [-0.2, 0) is 10.0 Å². The Morgan fingerprint density at radius 2 is 1.74 bits per heavy atom. The summed E-state index contributed by atoms with van der Waals surface area (Å²) < 4.78 is 33.3. The molecule has 9 heteroatoms. The zero-order chi connectivity index (χ0) is 25.0. The Balaban J connectivity index is 1.40. The minimum absolute atomic E-state index is 0.207. The van der Waals surface area contributed by atoms with Gasteiger partial charge in [-0.2, -0.15) is 4.31 Å². The Hall–Kier alpha value is -2.75. The molecule has 7 nitrogen and oxygen atoms in total. The molecule has 1 saturated heterocycles. The maximum Gasteiger partial charge on any atom is 0.257 e. The molecule has 186 valence electrons. The number of nitrogens with zero attached hydrogens (tertiary/aromatic N) is 2. The second-order valence-corrected chi connectivity index (χ2v) is 12.0. The fourth-order valence-electron chi connectivity index (χ4n) is 4.30. The Morgan fingerprint density at radius 1 is 1.09 bits per heavy atom. The van der Waals surface area contributed by atoms with Crippen molar-refractivity contribution in [3.8, 4) is 17.0 Å². The fraction of sp³-hybridized carbons (Fsp3) is 0.385. The monoisotopic (exact) mass is 513 g/mol. The summed E-state index contributed by atoms with van der Waals surface area (Å²) in [5, 5.41) is 5.16. The molecule has 2 aromatic carbocycles. The van der Waals surface area contributed by atoms with E-state index < -0.39 is 10.0 Å². The summed E-state index contributed by atoms with van der Waals surface area (Å²) in [7, 11) is -3.58. The predicted octanol–water partition coefficient (Wildman–Crippen LogP) is 5.52. The van der Waals surface area contributed by atoms with Gasteiger partial charge in [0.1, 0.15) is 5.75 Å². The molecule has 1 aliphatic rings. The highest BCUT2D eigenvalue weighted by Gasteiger charge is 2.31. The van der Waals surface area contributed by atoms with E-state index in [9.17, 15) is 13.2 Å². The maximum absolute atomic E-state index is 13.1. The average molecular weight is 514 g/mol. The second-order valence-electron chi connectivity index (χ2n) is 9.16. The van der Waals surface area contributed by atoms with E-state index in [1.54, 1.807) is 16.4 Å². The lowest BCUT2D eigenvalue weighted by molar-refractivity contribution is 0.102. The molecule has 0 spiro atoms. The van der Waals surface area contributed by atoms with E-state index in [0.29, 0.717) is 42.2 Å². The van der Waals surface area contributed by atoms with Gasteiger partial charge < -0.3 is 4.74 Å². The highest BCUT2D eigenvalue weighted by Crippen LogP contribution is 2.28. The lowest BCUT2D eigenvalue weighted by Gasteiger charge is -2.34. The third-order valence-electron chi connectivity index (χ3n) is 5.94. The normalized spacial score (nSPS) is 18.8. The molecule has 0 saturated carbocycles. The molecule has 1 aliphatic heterocycles. The molecule has 35 heavy (non-hydrogen) atoms. The van der Waals surface area contributed by atoms with E-state index in [0.717, 1.165) is 29.8 Å². The van der Waals surface area contributed by atoms with E-state index in [1.165, 1.54) is 23.5 Å². The summed E-state index contributed by atoms with van der Waals surface area (Å²) in [5.74, 6) is 1.13. The number of carbonyl (C=O) groups is 1. The Morgan fingerprint density at radius 3 is 2.37 bits per heavy atom. The zero-order valence-corrected chi connectivity index (χ0v) is 21.9. The average Bonchev–Trinajstić information content (AvgIpc) is 3.31. The van der Waals surface area contributed by atoms with Crippen molar-refractivity contribution in [2.75, 3.05) is 25.0 Å². The number of thiazole rings is 1. The van der Waals surface area contributed by atoms with Crippen molar-refractivity contribution >= 4 is 32.4 Å². The van der Waals surface area contributed by atoms with Crippen molar-refractivity contribution in [3.05, 3.63) is 59.5 Å². The van der Waals surface area contributed by atoms with Gasteiger partial charge >= 0.3 is 0 Å². The molecular formula is C26H31N3O4S2. The van der Waals surface area contributed by atoms with Gasteiger partial charge in [0.15, 0.2) is 5.13 Å². The maximum atomic E-state index is 13.1. The van der Waals surface area contributed by atoms with E-state index in [-0.39, 0.29) is 10.8 Å². The summed E-state index contributed by atoms with van der Waals surface area (Å²) >= 11 is 1.34. The first-order valence-electron chi connectivity index (χ1n) is 11.9. The van der Waals surface area contributed by atoms with Gasteiger partial charge in [-0.05, 0) is 73.2 Å². The van der Waals surface area contributed by atoms with Gasteiger partial charge in [-0.15, -0.1) is 11.3 Å². The minimum atomic E-state index is -3.58. The van der Waals surface area contributed by atoms with Crippen LogP contribution in [0.3, 0.4) is 0 Å². The van der Waals surface area contributed by atoms with Gasteiger partial charge in [0.05, 0.1) is 17.2 Å². The highest BCUT2D eigenvalue weighted by atomic mass is 32.2. The Labute approximate surface area is 211 Å². The van der Waals surface area contributed by atoms with Gasteiger partial charge in [-0.3, -0.25) is 10.1 Å². The lowest BCUT2D eigenvalue weighted by Crippen LogP contribution is -2.42. The smallest absolute Gasteiger partial charge is 0.257 e. The number of nitrogens with one attached hydrogen (secondary N) is 1. The molecular weight excluding hydrogens is 482 g/mol. The van der Waals surface area contributed by atoms with Crippen LogP contribution in [0.1, 0.15) is 44.0 Å². The number of hydrogen-bond donors (Lipinski definition) is 1.